The van der Waals surface area contributed by atoms with E-state index in [1.165, 1.54) is 6.39 Å². The van der Waals surface area contributed by atoms with Gasteiger partial charge in [-0.25, -0.2) is 4.98 Å². The number of hydrogen-bond donors (Lipinski definition) is 1. The van der Waals surface area contributed by atoms with Crippen molar-refractivity contribution >= 4 is 34.8 Å². The number of anilines is 1. The summed E-state index contributed by atoms with van der Waals surface area (Å²) in [4.78, 5) is 14.5. The number of carbonyl (C=O) groups excluding carboxylic acids is 1. The molecule has 0 aliphatic rings. The van der Waals surface area contributed by atoms with Crippen molar-refractivity contribution in [3.8, 4) is 11.5 Å². The van der Waals surface area contributed by atoms with E-state index in [9.17, 15) is 4.79 Å². The SMILES string of the molecule is O=CNc1ccc(Oc2cccc3ocnc23)c(Cl)c1. The Morgan fingerprint density at radius 2 is 2.15 bits per heavy atom. The monoisotopic (exact) mass is 288 g/mol. The van der Waals surface area contributed by atoms with E-state index < -0.39 is 0 Å². The van der Waals surface area contributed by atoms with Crippen LogP contribution in [-0.4, -0.2) is 11.4 Å². The molecule has 0 saturated heterocycles. The van der Waals surface area contributed by atoms with Gasteiger partial charge in [0.2, 0.25) is 6.41 Å². The van der Waals surface area contributed by atoms with Crippen molar-refractivity contribution in [3.63, 3.8) is 0 Å². The fourth-order valence-corrected chi connectivity index (χ4v) is 2.02. The molecular weight excluding hydrogens is 280 g/mol. The standard InChI is InChI=1S/C14H9ClN2O3/c15-10-6-9(16-7-18)4-5-11(10)20-13-3-1-2-12-14(13)17-8-19-12/h1-8H,(H,16,18). The normalized spacial score (nSPS) is 10.4. The molecule has 2 aromatic carbocycles. The molecule has 20 heavy (non-hydrogen) atoms. The topological polar surface area (TPSA) is 64.4 Å². The predicted octanol–water partition coefficient (Wildman–Crippen LogP) is 3.84. The second-order valence-electron chi connectivity index (χ2n) is 3.96. The zero-order valence-corrected chi connectivity index (χ0v) is 10.9. The average molecular weight is 289 g/mol. The maximum absolute atomic E-state index is 10.4. The molecule has 0 spiro atoms. The minimum Gasteiger partial charge on any atom is -0.453 e. The van der Waals surface area contributed by atoms with Gasteiger partial charge in [0.15, 0.2) is 23.2 Å². The Morgan fingerprint density at radius 1 is 1.25 bits per heavy atom. The number of oxazole rings is 1. The Kier molecular flexibility index (Phi) is 3.26. The van der Waals surface area contributed by atoms with Gasteiger partial charge in [0.1, 0.15) is 5.75 Å². The van der Waals surface area contributed by atoms with Crippen LogP contribution in [0.4, 0.5) is 5.69 Å². The molecule has 5 nitrogen and oxygen atoms in total. The molecule has 0 saturated carbocycles. The largest absolute Gasteiger partial charge is 0.453 e. The number of carbonyl (C=O) groups is 1. The average Bonchev–Trinajstić information content (AvgIpc) is 2.91. The van der Waals surface area contributed by atoms with E-state index in [-0.39, 0.29) is 0 Å². The second-order valence-corrected chi connectivity index (χ2v) is 4.37. The molecule has 1 aromatic heterocycles. The Morgan fingerprint density at radius 3 is 2.95 bits per heavy atom. The highest BCUT2D eigenvalue weighted by Gasteiger charge is 2.09. The highest BCUT2D eigenvalue weighted by Crippen LogP contribution is 2.34. The van der Waals surface area contributed by atoms with Crippen molar-refractivity contribution in [2.45, 2.75) is 0 Å². The molecule has 0 radical (unpaired) electrons. The summed E-state index contributed by atoms with van der Waals surface area (Å²) in [6.45, 7) is 0. The summed E-state index contributed by atoms with van der Waals surface area (Å²) in [6, 6.07) is 10.4. The van der Waals surface area contributed by atoms with Crippen LogP contribution in [0, 0.1) is 0 Å². The van der Waals surface area contributed by atoms with Crippen LogP contribution in [-0.2, 0) is 4.79 Å². The maximum atomic E-state index is 10.4. The Labute approximate surface area is 119 Å². The number of aromatic nitrogens is 1. The molecule has 3 aromatic rings. The van der Waals surface area contributed by atoms with Crippen LogP contribution in [0.1, 0.15) is 0 Å². The van der Waals surface area contributed by atoms with Gasteiger partial charge in [-0.15, -0.1) is 0 Å². The number of para-hydroxylation sites is 1. The van der Waals surface area contributed by atoms with Gasteiger partial charge in [-0.2, -0.15) is 0 Å². The number of rotatable bonds is 4. The number of ether oxygens (including phenoxy) is 1. The Balaban J connectivity index is 1.94. The highest BCUT2D eigenvalue weighted by molar-refractivity contribution is 6.32. The third-order valence-corrected chi connectivity index (χ3v) is 3.00. The van der Waals surface area contributed by atoms with Gasteiger partial charge in [0.05, 0.1) is 5.02 Å². The third kappa shape index (κ3) is 2.31. The number of benzene rings is 2. The molecule has 0 unspecified atom stereocenters. The molecule has 100 valence electrons. The van der Waals surface area contributed by atoms with E-state index in [2.05, 4.69) is 10.3 Å². The minimum atomic E-state index is 0.386. The van der Waals surface area contributed by atoms with Gasteiger partial charge in [-0.3, -0.25) is 4.79 Å². The smallest absolute Gasteiger partial charge is 0.211 e. The van der Waals surface area contributed by atoms with Crippen molar-refractivity contribution in [2.75, 3.05) is 5.32 Å². The van der Waals surface area contributed by atoms with Crippen LogP contribution in [0.2, 0.25) is 5.02 Å². The first-order valence-electron chi connectivity index (χ1n) is 5.78. The fraction of sp³-hybridized carbons (Fsp3) is 0. The lowest BCUT2D eigenvalue weighted by Gasteiger charge is -2.09. The van der Waals surface area contributed by atoms with E-state index in [0.29, 0.717) is 39.7 Å². The molecule has 1 heterocycles. The van der Waals surface area contributed by atoms with Gasteiger partial charge in [-0.1, -0.05) is 17.7 Å². The van der Waals surface area contributed by atoms with Crippen molar-refractivity contribution < 1.29 is 13.9 Å². The van der Waals surface area contributed by atoms with Gasteiger partial charge in [-0.05, 0) is 30.3 Å². The first kappa shape index (κ1) is 12.5. The predicted molar refractivity (Wildman–Crippen MR) is 75.2 cm³/mol. The molecule has 3 rings (SSSR count). The van der Waals surface area contributed by atoms with Crippen LogP contribution in [0.25, 0.3) is 11.1 Å². The van der Waals surface area contributed by atoms with Crippen molar-refractivity contribution in [1.29, 1.82) is 0 Å². The summed E-state index contributed by atoms with van der Waals surface area (Å²) in [6.07, 6.45) is 1.94. The van der Waals surface area contributed by atoms with Crippen LogP contribution >= 0.6 is 11.6 Å². The molecule has 6 heteroatoms. The van der Waals surface area contributed by atoms with E-state index in [1.807, 2.05) is 0 Å². The van der Waals surface area contributed by atoms with Crippen molar-refractivity contribution in [3.05, 3.63) is 47.8 Å². The molecular formula is C14H9ClN2O3. The molecule has 0 atom stereocenters. The summed E-state index contributed by atoms with van der Waals surface area (Å²) < 4.78 is 10.9. The van der Waals surface area contributed by atoms with Crippen LogP contribution in [0.15, 0.2) is 47.2 Å². The molecule has 1 N–H and O–H groups in total. The summed E-state index contributed by atoms with van der Waals surface area (Å²) in [5.74, 6) is 1.02. The highest BCUT2D eigenvalue weighted by atomic mass is 35.5. The first-order valence-corrected chi connectivity index (χ1v) is 6.15. The van der Waals surface area contributed by atoms with Gasteiger partial charge in [0, 0.05) is 5.69 Å². The molecule has 0 aliphatic heterocycles. The van der Waals surface area contributed by atoms with Crippen molar-refractivity contribution in [2.24, 2.45) is 0 Å². The number of hydrogen-bond acceptors (Lipinski definition) is 4. The quantitative estimate of drug-likeness (QED) is 0.741. The lowest BCUT2D eigenvalue weighted by atomic mass is 10.3. The van der Waals surface area contributed by atoms with Crippen LogP contribution in [0.5, 0.6) is 11.5 Å². The minimum absolute atomic E-state index is 0.386. The zero-order valence-electron chi connectivity index (χ0n) is 10.2. The second kappa shape index (κ2) is 5.22. The van der Waals surface area contributed by atoms with Crippen molar-refractivity contribution in [1.82, 2.24) is 4.98 Å². The number of halogens is 1. The van der Waals surface area contributed by atoms with Crippen LogP contribution in [0.3, 0.4) is 0 Å². The number of amides is 1. The van der Waals surface area contributed by atoms with Gasteiger partial charge in [0.25, 0.3) is 0 Å². The third-order valence-electron chi connectivity index (χ3n) is 2.70. The van der Waals surface area contributed by atoms with Crippen LogP contribution < -0.4 is 10.1 Å². The number of nitrogens with one attached hydrogen (secondary N) is 1. The summed E-state index contributed by atoms with van der Waals surface area (Å²) in [5.41, 5.74) is 1.86. The number of nitrogens with zero attached hydrogens (tertiary/aromatic N) is 1. The fourth-order valence-electron chi connectivity index (χ4n) is 1.80. The van der Waals surface area contributed by atoms with E-state index in [0.717, 1.165) is 0 Å². The van der Waals surface area contributed by atoms with E-state index in [1.54, 1.807) is 36.4 Å². The molecule has 0 fully saturated rings. The molecule has 0 bridgehead atoms. The zero-order chi connectivity index (χ0) is 13.9. The molecule has 0 aliphatic carbocycles. The number of fused-ring (bicyclic) bond motifs is 1. The summed E-state index contributed by atoms with van der Waals surface area (Å²) in [7, 11) is 0. The van der Waals surface area contributed by atoms with E-state index in [4.69, 9.17) is 20.8 Å². The lowest BCUT2D eigenvalue weighted by Crippen LogP contribution is -1.94. The Hall–Kier alpha value is -2.53. The van der Waals surface area contributed by atoms with Gasteiger partial charge < -0.3 is 14.5 Å². The van der Waals surface area contributed by atoms with E-state index >= 15 is 0 Å². The Bertz CT molecular complexity index is 770. The summed E-state index contributed by atoms with van der Waals surface area (Å²) >= 11 is 6.12. The lowest BCUT2D eigenvalue weighted by molar-refractivity contribution is -0.105. The maximum Gasteiger partial charge on any atom is 0.211 e. The molecule has 1 amide bonds. The van der Waals surface area contributed by atoms with Gasteiger partial charge >= 0.3 is 0 Å². The first-order chi connectivity index (χ1) is 9.78. The summed E-state index contributed by atoms with van der Waals surface area (Å²) in [5, 5.41) is 2.90.